The molecule has 0 bridgehead atoms. The average Bonchev–Trinajstić information content (AvgIpc) is 2.17. The Balaban J connectivity index is 3.11. The number of hydrogen-bond acceptors (Lipinski definition) is 3. The lowest BCUT2D eigenvalue weighted by atomic mass is 10.1. The molecule has 0 saturated heterocycles. The summed E-state index contributed by atoms with van der Waals surface area (Å²) in [6.07, 6.45) is 0. The monoisotopic (exact) mass is 190 g/mol. The number of nitriles is 1. The number of anilines is 1. The van der Waals surface area contributed by atoms with Crippen molar-refractivity contribution < 1.29 is 5.11 Å². The van der Waals surface area contributed by atoms with Crippen LogP contribution in [0, 0.1) is 18.3 Å². The summed E-state index contributed by atoms with van der Waals surface area (Å²) in [5.41, 5.74) is 2.62. The Morgan fingerprint density at radius 1 is 1.50 bits per heavy atom. The third-order valence-electron chi connectivity index (χ3n) is 2.18. The van der Waals surface area contributed by atoms with E-state index < -0.39 is 0 Å². The first-order valence-corrected chi connectivity index (χ1v) is 4.52. The predicted octanol–water partition coefficient (Wildman–Crippen LogP) is 1.30. The predicted molar refractivity (Wildman–Crippen MR) is 56.2 cm³/mol. The van der Waals surface area contributed by atoms with Crippen molar-refractivity contribution in [1.82, 2.24) is 0 Å². The zero-order chi connectivity index (χ0) is 10.6. The van der Waals surface area contributed by atoms with Gasteiger partial charge >= 0.3 is 0 Å². The van der Waals surface area contributed by atoms with E-state index in [1.165, 1.54) is 0 Å². The lowest BCUT2D eigenvalue weighted by molar-refractivity contribution is 0.304. The lowest BCUT2D eigenvalue weighted by Gasteiger charge is -2.21. The second-order valence-corrected chi connectivity index (χ2v) is 3.23. The second kappa shape index (κ2) is 4.64. The van der Waals surface area contributed by atoms with Crippen LogP contribution in [0.25, 0.3) is 0 Å². The van der Waals surface area contributed by atoms with Gasteiger partial charge in [0, 0.05) is 13.6 Å². The van der Waals surface area contributed by atoms with E-state index >= 15 is 0 Å². The normalized spacial score (nSPS) is 9.57. The van der Waals surface area contributed by atoms with Crippen molar-refractivity contribution in [2.75, 3.05) is 25.1 Å². The summed E-state index contributed by atoms with van der Waals surface area (Å²) in [4.78, 5) is 1.90. The van der Waals surface area contributed by atoms with Crippen LogP contribution in [0.4, 0.5) is 5.69 Å². The highest BCUT2D eigenvalue weighted by Gasteiger charge is 2.08. The van der Waals surface area contributed by atoms with E-state index in [1.807, 2.05) is 31.0 Å². The smallest absolute Gasteiger partial charge is 0.101 e. The lowest BCUT2D eigenvalue weighted by Crippen LogP contribution is -2.22. The number of hydrogen-bond donors (Lipinski definition) is 1. The van der Waals surface area contributed by atoms with E-state index in [0.717, 1.165) is 11.3 Å². The summed E-state index contributed by atoms with van der Waals surface area (Å²) in [7, 11) is 1.87. The van der Waals surface area contributed by atoms with Crippen LogP contribution in [-0.4, -0.2) is 25.3 Å². The molecule has 3 nitrogen and oxygen atoms in total. The van der Waals surface area contributed by atoms with Gasteiger partial charge in [0.05, 0.1) is 17.9 Å². The zero-order valence-corrected chi connectivity index (χ0v) is 8.49. The van der Waals surface area contributed by atoms with Gasteiger partial charge in [0.15, 0.2) is 0 Å². The van der Waals surface area contributed by atoms with Crippen molar-refractivity contribution >= 4 is 5.69 Å². The summed E-state index contributed by atoms with van der Waals surface area (Å²) in [6, 6.07) is 7.77. The van der Waals surface area contributed by atoms with Gasteiger partial charge in [-0.1, -0.05) is 12.1 Å². The van der Waals surface area contributed by atoms with Crippen LogP contribution in [-0.2, 0) is 0 Å². The van der Waals surface area contributed by atoms with Crippen LogP contribution in [0.2, 0.25) is 0 Å². The van der Waals surface area contributed by atoms with E-state index in [-0.39, 0.29) is 6.61 Å². The molecule has 74 valence electrons. The average molecular weight is 190 g/mol. The molecule has 0 heterocycles. The molecule has 14 heavy (non-hydrogen) atoms. The van der Waals surface area contributed by atoms with Gasteiger partial charge in [-0.3, -0.25) is 0 Å². The summed E-state index contributed by atoms with van der Waals surface area (Å²) in [5.74, 6) is 0. The summed E-state index contributed by atoms with van der Waals surface area (Å²) in [5, 5.41) is 17.7. The van der Waals surface area contributed by atoms with Gasteiger partial charge < -0.3 is 10.0 Å². The molecule has 1 rings (SSSR count). The molecule has 0 aliphatic rings. The Labute approximate surface area is 84.2 Å². The molecule has 0 fully saturated rings. The van der Waals surface area contributed by atoms with Crippen LogP contribution < -0.4 is 4.90 Å². The van der Waals surface area contributed by atoms with Crippen molar-refractivity contribution in [3.8, 4) is 6.07 Å². The molecule has 3 heteroatoms. The third kappa shape index (κ3) is 2.04. The standard InChI is InChI=1S/C11H14N2O/c1-9-4-3-5-10(8-12)11(9)13(2)6-7-14/h3-5,14H,6-7H2,1-2H3. The molecule has 0 aliphatic carbocycles. The molecule has 0 radical (unpaired) electrons. The minimum atomic E-state index is 0.0930. The van der Waals surface area contributed by atoms with Crippen molar-refractivity contribution in [1.29, 1.82) is 5.26 Å². The van der Waals surface area contributed by atoms with Crippen LogP contribution in [0.5, 0.6) is 0 Å². The number of nitrogens with zero attached hydrogens (tertiary/aromatic N) is 2. The van der Waals surface area contributed by atoms with Gasteiger partial charge in [0.1, 0.15) is 6.07 Å². The molecule has 0 unspecified atom stereocenters. The van der Waals surface area contributed by atoms with Gasteiger partial charge in [0.25, 0.3) is 0 Å². The van der Waals surface area contributed by atoms with Gasteiger partial charge in [-0.25, -0.2) is 0 Å². The number of likely N-dealkylation sites (N-methyl/N-ethyl adjacent to an activating group) is 1. The quantitative estimate of drug-likeness (QED) is 0.781. The fourth-order valence-corrected chi connectivity index (χ4v) is 1.52. The minimum absolute atomic E-state index is 0.0930. The second-order valence-electron chi connectivity index (χ2n) is 3.23. The molecule has 0 spiro atoms. The van der Waals surface area contributed by atoms with Gasteiger partial charge in [-0.05, 0) is 18.6 Å². The molecule has 0 aromatic heterocycles. The summed E-state index contributed by atoms with van der Waals surface area (Å²) < 4.78 is 0. The SMILES string of the molecule is Cc1cccc(C#N)c1N(C)CCO. The number of para-hydroxylation sites is 1. The maximum absolute atomic E-state index is 8.92. The number of benzene rings is 1. The van der Waals surface area contributed by atoms with E-state index in [1.54, 1.807) is 6.07 Å². The molecule has 1 aromatic rings. The molecule has 1 N–H and O–H groups in total. The minimum Gasteiger partial charge on any atom is -0.395 e. The van der Waals surface area contributed by atoms with E-state index in [9.17, 15) is 0 Å². The Kier molecular flexibility index (Phi) is 3.49. The molecule has 1 aromatic carbocycles. The Morgan fingerprint density at radius 3 is 2.79 bits per heavy atom. The number of aliphatic hydroxyl groups is 1. The zero-order valence-electron chi connectivity index (χ0n) is 8.49. The number of aryl methyl sites for hydroxylation is 1. The number of aliphatic hydroxyl groups excluding tert-OH is 1. The van der Waals surface area contributed by atoms with Crippen molar-refractivity contribution in [2.45, 2.75) is 6.92 Å². The summed E-state index contributed by atoms with van der Waals surface area (Å²) in [6.45, 7) is 2.60. The largest absolute Gasteiger partial charge is 0.395 e. The van der Waals surface area contributed by atoms with E-state index in [0.29, 0.717) is 12.1 Å². The van der Waals surface area contributed by atoms with Crippen LogP contribution >= 0.6 is 0 Å². The highest BCUT2D eigenvalue weighted by molar-refractivity contribution is 5.63. The Morgan fingerprint density at radius 2 is 2.21 bits per heavy atom. The maximum Gasteiger partial charge on any atom is 0.101 e. The first kappa shape index (κ1) is 10.6. The Bertz CT molecular complexity index is 355. The van der Waals surface area contributed by atoms with E-state index in [4.69, 9.17) is 10.4 Å². The van der Waals surface area contributed by atoms with E-state index in [2.05, 4.69) is 6.07 Å². The van der Waals surface area contributed by atoms with Crippen molar-refractivity contribution in [3.05, 3.63) is 29.3 Å². The highest BCUT2D eigenvalue weighted by atomic mass is 16.3. The number of rotatable bonds is 3. The summed E-state index contributed by atoms with van der Waals surface area (Å²) >= 11 is 0. The molecule has 0 atom stereocenters. The third-order valence-corrected chi connectivity index (χ3v) is 2.18. The topological polar surface area (TPSA) is 47.3 Å². The van der Waals surface area contributed by atoms with Crippen molar-refractivity contribution in [3.63, 3.8) is 0 Å². The molecular formula is C11H14N2O. The molecule has 0 aliphatic heterocycles. The van der Waals surface area contributed by atoms with Gasteiger partial charge in [0.2, 0.25) is 0 Å². The first-order valence-electron chi connectivity index (χ1n) is 4.52. The van der Waals surface area contributed by atoms with Gasteiger partial charge in [-0.2, -0.15) is 5.26 Å². The van der Waals surface area contributed by atoms with Crippen LogP contribution in [0.3, 0.4) is 0 Å². The fourth-order valence-electron chi connectivity index (χ4n) is 1.52. The fraction of sp³-hybridized carbons (Fsp3) is 0.364. The molecular weight excluding hydrogens is 176 g/mol. The van der Waals surface area contributed by atoms with Crippen LogP contribution in [0.1, 0.15) is 11.1 Å². The molecule has 0 saturated carbocycles. The molecule has 0 amide bonds. The van der Waals surface area contributed by atoms with Crippen molar-refractivity contribution in [2.24, 2.45) is 0 Å². The Hall–Kier alpha value is -1.53. The van der Waals surface area contributed by atoms with Gasteiger partial charge in [-0.15, -0.1) is 0 Å². The first-order chi connectivity index (χ1) is 6.70. The van der Waals surface area contributed by atoms with Crippen LogP contribution in [0.15, 0.2) is 18.2 Å². The maximum atomic E-state index is 8.92. The highest BCUT2D eigenvalue weighted by Crippen LogP contribution is 2.22.